The van der Waals surface area contributed by atoms with Crippen LogP contribution >= 0.6 is 11.6 Å². The fourth-order valence-corrected chi connectivity index (χ4v) is 2.68. The molecule has 1 heterocycles. The van der Waals surface area contributed by atoms with Crippen LogP contribution in [0.2, 0.25) is 5.02 Å². The van der Waals surface area contributed by atoms with Crippen molar-refractivity contribution >= 4 is 23.5 Å². The summed E-state index contributed by atoms with van der Waals surface area (Å²) in [5.41, 5.74) is 1.16. The van der Waals surface area contributed by atoms with Gasteiger partial charge in [-0.15, -0.1) is 0 Å². The molecule has 2 aromatic rings. The molecule has 0 saturated heterocycles. The largest absolute Gasteiger partial charge is 0.489 e. The van der Waals surface area contributed by atoms with Crippen molar-refractivity contribution in [2.24, 2.45) is 0 Å². The lowest BCUT2D eigenvalue weighted by Gasteiger charge is -2.11. The maximum Gasteiger partial charge on any atom is 0.338 e. The summed E-state index contributed by atoms with van der Waals surface area (Å²) in [5, 5.41) is 2.96. The Balaban J connectivity index is 1.55. The van der Waals surface area contributed by atoms with Crippen molar-refractivity contribution < 1.29 is 23.8 Å². The highest BCUT2D eigenvalue weighted by Gasteiger charge is 2.19. The highest BCUT2D eigenvalue weighted by atomic mass is 35.5. The average molecular weight is 376 g/mol. The number of amides is 1. The van der Waals surface area contributed by atoms with Crippen LogP contribution in [0, 0.1) is 0 Å². The highest BCUT2D eigenvalue weighted by molar-refractivity contribution is 6.32. The maximum absolute atomic E-state index is 12.2. The van der Waals surface area contributed by atoms with Crippen LogP contribution in [0.25, 0.3) is 0 Å². The number of halogens is 1. The minimum Gasteiger partial charge on any atom is -0.489 e. The molecule has 1 N–H and O–H groups in total. The van der Waals surface area contributed by atoms with Crippen LogP contribution < -0.4 is 14.8 Å². The fraction of sp³-hybridized carbons (Fsp3) is 0.263. The lowest BCUT2D eigenvalue weighted by atomic mass is 10.2. The molecular weight excluding hydrogens is 358 g/mol. The number of rotatable bonds is 5. The van der Waals surface area contributed by atoms with Crippen LogP contribution in [0.1, 0.15) is 22.3 Å². The number of esters is 1. The summed E-state index contributed by atoms with van der Waals surface area (Å²) in [7, 11) is 0. The van der Waals surface area contributed by atoms with Gasteiger partial charge < -0.3 is 19.5 Å². The standard InChI is InChI=1S/C19H18ClNO5/c20-15-9-14(10-16-18(15)25-8-4-7-24-16)19(23)26-12-17(22)21-11-13-5-2-1-3-6-13/h1-3,5-6,9-10H,4,7-8,11-12H2,(H,21,22). The van der Waals surface area contributed by atoms with E-state index in [2.05, 4.69) is 5.32 Å². The zero-order valence-electron chi connectivity index (χ0n) is 14.0. The minimum absolute atomic E-state index is 0.204. The summed E-state index contributed by atoms with van der Waals surface area (Å²) in [4.78, 5) is 24.0. The van der Waals surface area contributed by atoms with Crippen molar-refractivity contribution in [2.75, 3.05) is 19.8 Å². The molecule has 7 heteroatoms. The summed E-state index contributed by atoms with van der Waals surface area (Å²) in [6.07, 6.45) is 0.729. The second kappa shape index (κ2) is 8.58. The molecule has 136 valence electrons. The summed E-state index contributed by atoms with van der Waals surface area (Å²) >= 11 is 6.15. The van der Waals surface area contributed by atoms with Crippen LogP contribution in [0.4, 0.5) is 0 Å². The number of hydrogen-bond acceptors (Lipinski definition) is 5. The van der Waals surface area contributed by atoms with E-state index in [4.69, 9.17) is 25.8 Å². The molecule has 0 unspecified atom stereocenters. The number of ether oxygens (including phenoxy) is 3. The van der Waals surface area contributed by atoms with Crippen molar-refractivity contribution in [2.45, 2.75) is 13.0 Å². The first-order valence-corrected chi connectivity index (χ1v) is 8.58. The van der Waals surface area contributed by atoms with E-state index in [1.54, 1.807) is 0 Å². The number of benzene rings is 2. The summed E-state index contributed by atoms with van der Waals surface area (Å²) in [6, 6.07) is 12.4. The zero-order valence-corrected chi connectivity index (χ0v) is 14.8. The van der Waals surface area contributed by atoms with Gasteiger partial charge in [-0.05, 0) is 17.7 Å². The maximum atomic E-state index is 12.2. The quantitative estimate of drug-likeness (QED) is 0.813. The molecule has 0 saturated carbocycles. The smallest absolute Gasteiger partial charge is 0.338 e. The minimum atomic E-state index is -0.655. The summed E-state index contributed by atoms with van der Waals surface area (Å²) in [5.74, 6) is -0.225. The number of hydrogen-bond donors (Lipinski definition) is 1. The van der Waals surface area contributed by atoms with E-state index in [9.17, 15) is 9.59 Å². The van der Waals surface area contributed by atoms with Gasteiger partial charge in [-0.2, -0.15) is 0 Å². The molecule has 26 heavy (non-hydrogen) atoms. The van der Waals surface area contributed by atoms with Gasteiger partial charge in [-0.3, -0.25) is 4.79 Å². The van der Waals surface area contributed by atoms with Gasteiger partial charge in [0.2, 0.25) is 0 Å². The predicted octanol–water partition coefficient (Wildman–Crippen LogP) is 2.97. The Hall–Kier alpha value is -2.73. The topological polar surface area (TPSA) is 73.9 Å². The molecule has 0 radical (unpaired) electrons. The monoisotopic (exact) mass is 375 g/mol. The Morgan fingerprint density at radius 2 is 1.88 bits per heavy atom. The molecule has 0 bridgehead atoms. The van der Waals surface area contributed by atoms with E-state index in [0.717, 1.165) is 12.0 Å². The molecule has 0 atom stereocenters. The molecule has 1 aliphatic heterocycles. The second-order valence-corrected chi connectivity index (χ2v) is 6.08. The first-order valence-electron chi connectivity index (χ1n) is 8.20. The average Bonchev–Trinajstić information content (AvgIpc) is 2.91. The van der Waals surface area contributed by atoms with Gasteiger partial charge in [-0.25, -0.2) is 4.79 Å². The van der Waals surface area contributed by atoms with E-state index in [1.165, 1.54) is 12.1 Å². The summed E-state index contributed by atoms with van der Waals surface area (Å²) < 4.78 is 16.1. The number of carbonyl (C=O) groups is 2. The van der Waals surface area contributed by atoms with E-state index >= 15 is 0 Å². The van der Waals surface area contributed by atoms with Crippen molar-refractivity contribution in [3.8, 4) is 11.5 Å². The van der Waals surface area contributed by atoms with Crippen LogP contribution in [0.5, 0.6) is 11.5 Å². The molecule has 2 aromatic carbocycles. The van der Waals surface area contributed by atoms with Crippen molar-refractivity contribution in [3.05, 3.63) is 58.6 Å². The normalized spacial score (nSPS) is 12.8. The lowest BCUT2D eigenvalue weighted by molar-refractivity contribution is -0.124. The lowest BCUT2D eigenvalue weighted by Crippen LogP contribution is -2.28. The molecule has 3 rings (SSSR count). The van der Waals surface area contributed by atoms with Gasteiger partial charge in [0, 0.05) is 13.0 Å². The molecule has 0 aromatic heterocycles. The Morgan fingerprint density at radius 3 is 2.69 bits per heavy atom. The molecule has 0 spiro atoms. The SMILES string of the molecule is O=C(COC(=O)c1cc(Cl)c2c(c1)OCCCO2)NCc1ccccc1. The van der Waals surface area contributed by atoms with Gasteiger partial charge in [0.1, 0.15) is 0 Å². The highest BCUT2D eigenvalue weighted by Crippen LogP contribution is 2.38. The molecule has 0 fully saturated rings. The molecule has 1 amide bonds. The predicted molar refractivity (Wildman–Crippen MR) is 95.6 cm³/mol. The Kier molecular flexibility index (Phi) is 5.96. The first-order chi connectivity index (χ1) is 12.6. The molecule has 1 aliphatic rings. The van der Waals surface area contributed by atoms with Crippen molar-refractivity contribution in [1.29, 1.82) is 0 Å². The number of fused-ring (bicyclic) bond motifs is 1. The molecule has 6 nitrogen and oxygen atoms in total. The third-order valence-corrected chi connectivity index (χ3v) is 3.99. The van der Waals surface area contributed by atoms with Gasteiger partial charge in [0.15, 0.2) is 18.1 Å². The molecule has 0 aliphatic carbocycles. The van der Waals surface area contributed by atoms with Crippen molar-refractivity contribution in [1.82, 2.24) is 5.32 Å². The second-order valence-electron chi connectivity index (χ2n) is 5.67. The Morgan fingerprint density at radius 1 is 1.12 bits per heavy atom. The van der Waals surface area contributed by atoms with Gasteiger partial charge in [0.25, 0.3) is 5.91 Å². The Bertz CT molecular complexity index is 794. The van der Waals surface area contributed by atoms with E-state index in [0.29, 0.717) is 31.3 Å². The van der Waals surface area contributed by atoms with Crippen molar-refractivity contribution in [3.63, 3.8) is 0 Å². The van der Waals surface area contributed by atoms with Crippen LogP contribution in [-0.4, -0.2) is 31.7 Å². The third-order valence-electron chi connectivity index (χ3n) is 3.70. The summed E-state index contributed by atoms with van der Waals surface area (Å²) in [6.45, 7) is 0.965. The van der Waals surface area contributed by atoms with E-state index in [1.807, 2.05) is 30.3 Å². The van der Waals surface area contributed by atoms with Crippen LogP contribution in [0.3, 0.4) is 0 Å². The van der Waals surface area contributed by atoms with Crippen LogP contribution in [0.15, 0.2) is 42.5 Å². The fourth-order valence-electron chi connectivity index (χ4n) is 2.41. The third kappa shape index (κ3) is 4.67. The zero-order chi connectivity index (χ0) is 18.4. The van der Waals surface area contributed by atoms with Gasteiger partial charge in [-0.1, -0.05) is 41.9 Å². The van der Waals surface area contributed by atoms with Crippen LogP contribution in [-0.2, 0) is 16.1 Å². The van der Waals surface area contributed by atoms with E-state index in [-0.39, 0.29) is 23.1 Å². The van der Waals surface area contributed by atoms with Gasteiger partial charge >= 0.3 is 5.97 Å². The van der Waals surface area contributed by atoms with Gasteiger partial charge in [0.05, 0.1) is 23.8 Å². The Labute approximate surface area is 156 Å². The molecular formula is C19H18ClNO5. The number of carbonyl (C=O) groups excluding carboxylic acids is 2. The first kappa shape index (κ1) is 18.1. The van der Waals surface area contributed by atoms with E-state index < -0.39 is 5.97 Å². The number of nitrogens with one attached hydrogen (secondary N) is 1.